The average Bonchev–Trinajstić information content (AvgIpc) is 2.68. The minimum atomic E-state index is -0.479. The van der Waals surface area contributed by atoms with Crippen LogP contribution in [0.15, 0.2) is 36.7 Å². The van der Waals surface area contributed by atoms with Gasteiger partial charge < -0.3 is 14.4 Å². The summed E-state index contributed by atoms with van der Waals surface area (Å²) in [4.78, 5) is 22.4. The van der Waals surface area contributed by atoms with Crippen LogP contribution in [-0.4, -0.2) is 46.6 Å². The minimum Gasteiger partial charge on any atom is -0.481 e. The molecule has 3 rings (SSSR count). The van der Waals surface area contributed by atoms with Crippen LogP contribution in [0.4, 0.5) is 4.39 Å². The molecule has 1 saturated heterocycles. The third-order valence-corrected chi connectivity index (χ3v) is 4.28. The van der Waals surface area contributed by atoms with E-state index in [1.54, 1.807) is 29.4 Å². The molecule has 138 valence electrons. The highest BCUT2D eigenvalue weighted by Gasteiger charge is 2.26. The van der Waals surface area contributed by atoms with E-state index in [9.17, 15) is 9.18 Å². The summed E-state index contributed by atoms with van der Waals surface area (Å²) in [6.45, 7) is 2.91. The largest absolute Gasteiger partial charge is 0.481 e. The second-order valence-electron chi connectivity index (χ2n) is 6.17. The minimum absolute atomic E-state index is 0.0788. The van der Waals surface area contributed by atoms with Crippen molar-refractivity contribution >= 4 is 5.91 Å². The third-order valence-electron chi connectivity index (χ3n) is 4.28. The van der Waals surface area contributed by atoms with Gasteiger partial charge in [0.25, 0.3) is 5.91 Å². The van der Waals surface area contributed by atoms with Gasteiger partial charge in [0.2, 0.25) is 0 Å². The van der Waals surface area contributed by atoms with Crippen molar-refractivity contribution in [2.45, 2.75) is 32.3 Å². The molecule has 7 heteroatoms. The normalized spacial score (nSPS) is 17.0. The molecule has 6 nitrogen and oxygen atoms in total. The van der Waals surface area contributed by atoms with E-state index in [4.69, 9.17) is 9.47 Å². The molecule has 2 aromatic rings. The van der Waals surface area contributed by atoms with Crippen molar-refractivity contribution in [2.24, 2.45) is 0 Å². The van der Waals surface area contributed by atoms with E-state index >= 15 is 0 Å². The predicted molar refractivity (Wildman–Crippen MR) is 93.5 cm³/mol. The fraction of sp³-hybridized carbons (Fsp3) is 0.421. The van der Waals surface area contributed by atoms with Crippen LogP contribution in [0.5, 0.6) is 11.8 Å². The van der Waals surface area contributed by atoms with Crippen molar-refractivity contribution < 1.29 is 18.7 Å². The smallest absolute Gasteiger partial charge is 0.316 e. The quantitative estimate of drug-likeness (QED) is 0.793. The molecule has 26 heavy (non-hydrogen) atoms. The van der Waals surface area contributed by atoms with Crippen LogP contribution < -0.4 is 9.47 Å². The number of para-hydroxylation sites is 1. The van der Waals surface area contributed by atoms with Crippen LogP contribution in [0.3, 0.4) is 0 Å². The van der Waals surface area contributed by atoms with Crippen molar-refractivity contribution in [3.63, 3.8) is 0 Å². The van der Waals surface area contributed by atoms with Crippen LogP contribution in [0.1, 0.15) is 25.3 Å². The maximum atomic E-state index is 13.6. The average molecular weight is 359 g/mol. The number of hydrogen-bond acceptors (Lipinski definition) is 5. The molecule has 1 aliphatic rings. The van der Waals surface area contributed by atoms with Crippen LogP contribution in [0.25, 0.3) is 0 Å². The molecule has 1 aromatic heterocycles. The van der Waals surface area contributed by atoms with Gasteiger partial charge in [0.05, 0.1) is 6.54 Å². The zero-order valence-corrected chi connectivity index (χ0v) is 14.7. The van der Waals surface area contributed by atoms with Gasteiger partial charge >= 0.3 is 6.01 Å². The Kier molecular flexibility index (Phi) is 5.99. The van der Waals surface area contributed by atoms with Gasteiger partial charge in [-0.25, -0.2) is 14.4 Å². The highest BCUT2D eigenvalue weighted by Crippen LogP contribution is 2.18. The monoisotopic (exact) mass is 359 g/mol. The van der Waals surface area contributed by atoms with Gasteiger partial charge in [-0.15, -0.1) is 0 Å². The number of halogens is 1. The topological polar surface area (TPSA) is 64.5 Å². The molecule has 1 fully saturated rings. The molecule has 0 saturated carbocycles. The SMILES string of the molecule is CCc1cnc(OC2CCCN(C(=O)COc3ccccc3F)C2)nc1. The Morgan fingerprint density at radius 3 is 2.81 bits per heavy atom. The Morgan fingerprint density at radius 2 is 2.08 bits per heavy atom. The van der Waals surface area contributed by atoms with E-state index in [1.165, 1.54) is 12.1 Å². The van der Waals surface area contributed by atoms with Gasteiger partial charge in [-0.05, 0) is 37.0 Å². The number of likely N-dealkylation sites (tertiary alicyclic amines) is 1. The first-order valence-corrected chi connectivity index (χ1v) is 8.78. The van der Waals surface area contributed by atoms with Gasteiger partial charge in [0, 0.05) is 18.9 Å². The Bertz CT molecular complexity index is 739. The Balaban J connectivity index is 1.52. The molecule has 0 bridgehead atoms. The lowest BCUT2D eigenvalue weighted by atomic mass is 10.1. The lowest BCUT2D eigenvalue weighted by Gasteiger charge is -2.32. The molecular formula is C19H22FN3O3. The number of carbonyl (C=O) groups excluding carboxylic acids is 1. The fourth-order valence-corrected chi connectivity index (χ4v) is 2.79. The standard InChI is InChI=1S/C19H22FN3O3/c1-2-14-10-21-19(22-11-14)26-15-6-5-9-23(12-15)18(24)13-25-17-8-4-3-7-16(17)20/h3-4,7-8,10-11,15H,2,5-6,9,12-13H2,1H3. The van der Waals surface area contributed by atoms with Crippen molar-refractivity contribution in [3.05, 3.63) is 48.0 Å². The molecule has 1 atom stereocenters. The summed E-state index contributed by atoms with van der Waals surface area (Å²) >= 11 is 0. The lowest BCUT2D eigenvalue weighted by molar-refractivity contribution is -0.136. The number of hydrogen-bond donors (Lipinski definition) is 0. The van der Waals surface area contributed by atoms with Crippen molar-refractivity contribution in [2.75, 3.05) is 19.7 Å². The number of ether oxygens (including phenoxy) is 2. The van der Waals surface area contributed by atoms with E-state index in [-0.39, 0.29) is 24.4 Å². The highest BCUT2D eigenvalue weighted by molar-refractivity contribution is 5.77. The van der Waals surface area contributed by atoms with Crippen molar-refractivity contribution in [1.29, 1.82) is 0 Å². The van der Waals surface area contributed by atoms with Crippen LogP contribution in [0.2, 0.25) is 0 Å². The zero-order valence-electron chi connectivity index (χ0n) is 14.7. The first-order chi connectivity index (χ1) is 12.7. The highest BCUT2D eigenvalue weighted by atomic mass is 19.1. The van der Waals surface area contributed by atoms with E-state index in [1.807, 2.05) is 6.92 Å². The first kappa shape index (κ1) is 18.1. The number of benzene rings is 1. The molecule has 2 heterocycles. The summed E-state index contributed by atoms with van der Waals surface area (Å²) in [6.07, 6.45) is 5.86. The molecule has 0 spiro atoms. The Labute approximate surface area is 152 Å². The first-order valence-electron chi connectivity index (χ1n) is 8.78. The number of piperidine rings is 1. The van der Waals surface area contributed by atoms with Gasteiger partial charge in [-0.1, -0.05) is 19.1 Å². The number of aromatic nitrogens is 2. The number of aryl methyl sites for hydroxylation is 1. The molecule has 0 N–H and O–H groups in total. The number of rotatable bonds is 6. The summed E-state index contributed by atoms with van der Waals surface area (Å²) in [6, 6.07) is 6.36. The molecule has 1 aromatic carbocycles. The Hall–Kier alpha value is -2.70. The van der Waals surface area contributed by atoms with Gasteiger partial charge in [0.15, 0.2) is 18.2 Å². The number of amides is 1. The van der Waals surface area contributed by atoms with Gasteiger partial charge in [-0.3, -0.25) is 4.79 Å². The molecule has 1 unspecified atom stereocenters. The number of carbonyl (C=O) groups is 1. The summed E-state index contributed by atoms with van der Waals surface area (Å²) in [7, 11) is 0. The van der Waals surface area contributed by atoms with Crippen molar-refractivity contribution in [1.82, 2.24) is 14.9 Å². The lowest BCUT2D eigenvalue weighted by Crippen LogP contribution is -2.46. The molecular weight excluding hydrogens is 337 g/mol. The van der Waals surface area contributed by atoms with Crippen LogP contribution >= 0.6 is 0 Å². The molecule has 1 amide bonds. The molecule has 0 radical (unpaired) electrons. The summed E-state index contributed by atoms with van der Waals surface area (Å²) in [5, 5.41) is 0. The third kappa shape index (κ3) is 4.68. The van der Waals surface area contributed by atoms with E-state index in [0.717, 1.165) is 24.8 Å². The summed E-state index contributed by atoms with van der Waals surface area (Å²) < 4.78 is 24.7. The summed E-state index contributed by atoms with van der Waals surface area (Å²) in [5.74, 6) is -0.591. The van der Waals surface area contributed by atoms with E-state index in [2.05, 4.69) is 9.97 Å². The van der Waals surface area contributed by atoms with Gasteiger partial charge in [0.1, 0.15) is 6.10 Å². The maximum Gasteiger partial charge on any atom is 0.316 e. The van der Waals surface area contributed by atoms with Gasteiger partial charge in [-0.2, -0.15) is 0 Å². The van der Waals surface area contributed by atoms with E-state index < -0.39 is 5.82 Å². The fourth-order valence-electron chi connectivity index (χ4n) is 2.79. The van der Waals surface area contributed by atoms with E-state index in [0.29, 0.717) is 19.1 Å². The predicted octanol–water partition coefficient (Wildman–Crippen LogP) is 2.63. The maximum absolute atomic E-state index is 13.6. The van der Waals surface area contributed by atoms with Crippen molar-refractivity contribution in [3.8, 4) is 11.8 Å². The summed E-state index contributed by atoms with van der Waals surface area (Å²) in [5.41, 5.74) is 1.04. The number of nitrogens with zero attached hydrogens (tertiary/aromatic N) is 3. The molecule has 0 aliphatic carbocycles. The zero-order chi connectivity index (χ0) is 18.4. The Morgan fingerprint density at radius 1 is 1.31 bits per heavy atom. The van der Waals surface area contributed by atoms with Crippen LogP contribution in [0, 0.1) is 5.82 Å². The second-order valence-corrected chi connectivity index (χ2v) is 6.17. The molecule has 1 aliphatic heterocycles. The second kappa shape index (κ2) is 8.60. The van der Waals surface area contributed by atoms with Crippen LogP contribution in [-0.2, 0) is 11.2 Å².